The van der Waals surface area contributed by atoms with Crippen molar-refractivity contribution < 1.29 is 31.1 Å². The summed E-state index contributed by atoms with van der Waals surface area (Å²) >= 11 is 0. The van der Waals surface area contributed by atoms with E-state index in [4.69, 9.17) is 5.11 Å². The zero-order valence-corrected chi connectivity index (χ0v) is 14.9. The Balaban J connectivity index is 3.14. The van der Waals surface area contributed by atoms with Gasteiger partial charge in [-0.15, -0.1) is 0 Å². The Bertz CT molecular complexity index is 821. The minimum atomic E-state index is -4.29. The average molecular weight is 382 g/mol. The summed E-state index contributed by atoms with van der Waals surface area (Å²) in [7, 11) is -8.00. The smallest absolute Gasteiger partial charge is 0.322 e. The van der Waals surface area contributed by atoms with Crippen molar-refractivity contribution in [1.29, 1.82) is 0 Å². The summed E-state index contributed by atoms with van der Waals surface area (Å²) in [6, 6.07) is 1.19. The number of carboxylic acid groups (broad SMARTS) is 1. The van der Waals surface area contributed by atoms with Crippen LogP contribution in [0, 0.1) is 11.7 Å². The van der Waals surface area contributed by atoms with Crippen molar-refractivity contribution in [3.05, 3.63) is 24.0 Å². The van der Waals surface area contributed by atoms with Crippen molar-refractivity contribution in [2.45, 2.75) is 31.7 Å². The summed E-state index contributed by atoms with van der Waals surface area (Å²) in [5.74, 6) is -3.26. The first kappa shape index (κ1) is 20.3. The maximum absolute atomic E-state index is 14.0. The summed E-state index contributed by atoms with van der Waals surface area (Å²) in [6.45, 7) is 4.40. The molecule has 0 saturated carbocycles. The number of carboxylic acids is 1. The monoisotopic (exact) mass is 382 g/mol. The number of halogens is 1. The Morgan fingerprint density at radius 3 is 2.25 bits per heavy atom. The summed E-state index contributed by atoms with van der Waals surface area (Å²) in [5, 5.41) is 9.03. The number of sulfonamides is 2. The molecule has 1 atom stereocenters. The highest BCUT2D eigenvalue weighted by atomic mass is 32.2. The van der Waals surface area contributed by atoms with E-state index in [1.54, 1.807) is 0 Å². The molecule has 0 aliphatic carbocycles. The van der Waals surface area contributed by atoms with Crippen LogP contribution in [-0.2, 0) is 24.8 Å². The first-order valence-corrected chi connectivity index (χ1v) is 10.1. The molecule has 0 amide bonds. The first-order chi connectivity index (χ1) is 10.9. The second-order valence-corrected chi connectivity index (χ2v) is 9.05. The van der Waals surface area contributed by atoms with Gasteiger partial charge in [-0.25, -0.2) is 21.2 Å². The third kappa shape index (κ3) is 5.14. The van der Waals surface area contributed by atoms with Gasteiger partial charge in [0.25, 0.3) is 0 Å². The van der Waals surface area contributed by atoms with Crippen LogP contribution in [0.3, 0.4) is 0 Å². The Kier molecular flexibility index (Phi) is 6.31. The number of hydrogen-bond donors (Lipinski definition) is 3. The van der Waals surface area contributed by atoms with Gasteiger partial charge in [-0.2, -0.15) is 4.72 Å². The molecule has 0 bridgehead atoms. The molecule has 0 heterocycles. The fourth-order valence-corrected chi connectivity index (χ4v) is 3.69. The van der Waals surface area contributed by atoms with Crippen LogP contribution >= 0.6 is 0 Å². The molecule has 0 aliphatic heterocycles. The van der Waals surface area contributed by atoms with E-state index in [1.165, 1.54) is 20.8 Å². The number of aliphatic carboxylic acids is 1. The van der Waals surface area contributed by atoms with E-state index >= 15 is 0 Å². The van der Waals surface area contributed by atoms with Crippen molar-refractivity contribution in [1.82, 2.24) is 4.72 Å². The second-order valence-electron chi connectivity index (χ2n) is 5.33. The predicted molar refractivity (Wildman–Crippen MR) is 86.1 cm³/mol. The molecule has 0 saturated heterocycles. The van der Waals surface area contributed by atoms with Crippen LogP contribution in [0.4, 0.5) is 10.1 Å². The van der Waals surface area contributed by atoms with E-state index in [2.05, 4.69) is 0 Å². The van der Waals surface area contributed by atoms with Gasteiger partial charge < -0.3 is 5.11 Å². The molecule has 0 aromatic heterocycles. The Labute approximate surface area is 140 Å². The van der Waals surface area contributed by atoms with Crippen LogP contribution in [0.5, 0.6) is 0 Å². The Morgan fingerprint density at radius 2 is 1.83 bits per heavy atom. The van der Waals surface area contributed by atoms with Crippen LogP contribution < -0.4 is 9.44 Å². The number of benzene rings is 1. The van der Waals surface area contributed by atoms with Crippen LogP contribution in [-0.4, -0.2) is 39.7 Å². The van der Waals surface area contributed by atoms with Gasteiger partial charge in [-0.05, 0) is 31.0 Å². The minimum absolute atomic E-state index is 0.275. The van der Waals surface area contributed by atoms with Gasteiger partial charge >= 0.3 is 5.97 Å². The lowest BCUT2D eigenvalue weighted by molar-refractivity contribution is -0.140. The average Bonchev–Trinajstić information content (AvgIpc) is 2.46. The Morgan fingerprint density at radius 1 is 1.25 bits per heavy atom. The van der Waals surface area contributed by atoms with E-state index in [0.717, 1.165) is 12.1 Å². The molecule has 24 heavy (non-hydrogen) atoms. The van der Waals surface area contributed by atoms with E-state index in [9.17, 15) is 26.0 Å². The summed E-state index contributed by atoms with van der Waals surface area (Å²) in [4.78, 5) is 10.6. The van der Waals surface area contributed by atoms with Gasteiger partial charge in [0.1, 0.15) is 11.9 Å². The highest BCUT2D eigenvalue weighted by Gasteiger charge is 2.28. The van der Waals surface area contributed by atoms with E-state index in [1.807, 2.05) is 9.44 Å². The highest BCUT2D eigenvalue weighted by Crippen LogP contribution is 2.21. The molecule has 1 rings (SSSR count). The molecule has 0 spiro atoms. The fraction of sp³-hybridized carbons (Fsp3) is 0.462. The van der Waals surface area contributed by atoms with Crippen LogP contribution in [0.25, 0.3) is 0 Å². The van der Waals surface area contributed by atoms with E-state index in [0.29, 0.717) is 6.07 Å². The summed E-state index contributed by atoms with van der Waals surface area (Å²) < 4.78 is 65.1. The van der Waals surface area contributed by atoms with Gasteiger partial charge in [0.2, 0.25) is 20.0 Å². The summed E-state index contributed by atoms with van der Waals surface area (Å²) in [5.41, 5.74) is -0.394. The van der Waals surface area contributed by atoms with Crippen molar-refractivity contribution in [2.24, 2.45) is 5.92 Å². The second kappa shape index (κ2) is 7.45. The predicted octanol–water partition coefficient (Wildman–Crippen LogP) is 0.975. The van der Waals surface area contributed by atoms with Crippen molar-refractivity contribution in [3.63, 3.8) is 0 Å². The highest BCUT2D eigenvalue weighted by molar-refractivity contribution is 7.92. The molecule has 0 aliphatic rings. The zero-order chi connectivity index (χ0) is 18.7. The quantitative estimate of drug-likeness (QED) is 0.614. The molecule has 136 valence electrons. The van der Waals surface area contributed by atoms with Crippen LogP contribution in [0.2, 0.25) is 0 Å². The maximum atomic E-state index is 14.0. The van der Waals surface area contributed by atoms with Crippen molar-refractivity contribution in [2.75, 3.05) is 10.5 Å². The van der Waals surface area contributed by atoms with E-state index < -0.39 is 54.4 Å². The Hall–Kier alpha value is -1.72. The van der Waals surface area contributed by atoms with Gasteiger partial charge in [-0.1, -0.05) is 13.8 Å². The topological polar surface area (TPSA) is 130 Å². The zero-order valence-electron chi connectivity index (χ0n) is 13.3. The lowest BCUT2D eigenvalue weighted by atomic mass is 10.1. The molecule has 0 radical (unpaired) electrons. The molecule has 1 aromatic carbocycles. The number of hydrogen-bond acceptors (Lipinski definition) is 5. The molecule has 3 N–H and O–H groups in total. The third-order valence-electron chi connectivity index (χ3n) is 3.11. The lowest BCUT2D eigenvalue weighted by Crippen LogP contribution is -2.44. The SMILES string of the molecule is CCS(=O)(=O)Nc1ccc(S(=O)(=O)N[C@H](C(=O)O)C(C)C)cc1F. The molecule has 1 aromatic rings. The van der Waals surface area contributed by atoms with Gasteiger partial charge in [0.15, 0.2) is 0 Å². The molecule has 0 unspecified atom stereocenters. The molecule has 0 fully saturated rings. The normalized spacial score (nSPS) is 13.7. The number of anilines is 1. The van der Waals surface area contributed by atoms with Gasteiger partial charge in [0.05, 0.1) is 16.3 Å². The third-order valence-corrected chi connectivity index (χ3v) is 5.84. The fourth-order valence-electron chi connectivity index (χ4n) is 1.69. The number of rotatable bonds is 8. The van der Waals surface area contributed by atoms with Gasteiger partial charge in [-0.3, -0.25) is 9.52 Å². The largest absolute Gasteiger partial charge is 0.480 e. The van der Waals surface area contributed by atoms with Crippen LogP contribution in [0.15, 0.2) is 23.1 Å². The van der Waals surface area contributed by atoms with Crippen molar-refractivity contribution in [3.8, 4) is 0 Å². The van der Waals surface area contributed by atoms with E-state index in [-0.39, 0.29) is 5.75 Å². The molecule has 11 heteroatoms. The van der Waals surface area contributed by atoms with Gasteiger partial charge in [0, 0.05) is 0 Å². The first-order valence-electron chi connectivity index (χ1n) is 6.94. The standard InChI is InChI=1S/C13H19FN2O6S2/c1-4-23(19,20)15-11-6-5-9(7-10(11)14)24(21,22)16-12(8(2)3)13(17)18/h5-8,12,15-16H,4H2,1-3H3,(H,17,18)/t12-/m0/s1. The minimum Gasteiger partial charge on any atom is -0.480 e. The number of nitrogens with one attached hydrogen (secondary N) is 2. The lowest BCUT2D eigenvalue weighted by Gasteiger charge is -2.18. The molecular weight excluding hydrogens is 363 g/mol. The number of carbonyl (C=O) groups is 1. The van der Waals surface area contributed by atoms with Crippen LogP contribution in [0.1, 0.15) is 20.8 Å². The molecule has 8 nitrogen and oxygen atoms in total. The van der Waals surface area contributed by atoms with Crippen molar-refractivity contribution >= 4 is 31.7 Å². The molecular formula is C13H19FN2O6S2. The maximum Gasteiger partial charge on any atom is 0.322 e. The summed E-state index contributed by atoms with van der Waals surface area (Å²) in [6.07, 6.45) is 0.